The van der Waals surface area contributed by atoms with Gasteiger partial charge in [-0.15, -0.1) is 12.4 Å². The maximum absolute atomic E-state index is 11.6. The molecule has 8 heteroatoms. The van der Waals surface area contributed by atoms with Gasteiger partial charge >= 0.3 is 11.4 Å². The van der Waals surface area contributed by atoms with Crippen LogP contribution in [0.4, 0.5) is 5.69 Å². The highest BCUT2D eigenvalue weighted by molar-refractivity contribution is 5.92. The minimum Gasteiger partial charge on any atom is -0.399 e. The number of nitrogens with zero attached hydrogens (tertiary/aromatic N) is 2. The fourth-order valence-corrected chi connectivity index (χ4v) is 1.70. The number of aromatic amines is 2. The van der Waals surface area contributed by atoms with Crippen LogP contribution in [0.3, 0.4) is 0 Å². The lowest BCUT2D eigenvalue weighted by Crippen LogP contribution is -2.25. The van der Waals surface area contributed by atoms with Gasteiger partial charge in [-0.05, 0) is 18.2 Å². The van der Waals surface area contributed by atoms with E-state index >= 15 is 0 Å². The maximum atomic E-state index is 11.6. The van der Waals surface area contributed by atoms with E-state index < -0.39 is 11.4 Å². The number of aromatic nitrogens is 4. The molecular weight excluding hydrogens is 246 g/mol. The molecule has 2 heterocycles. The standard InChI is InChI=1S/C9H7N5O2.ClH/c10-4-1-2-5-6(3-4)11-8(15)14-7(5)12-13-9(14)16;/h1-3H,10H2,(H,11,15)(H,13,16);1H. The molecular formula is C9H8ClN5O2. The molecule has 17 heavy (non-hydrogen) atoms. The molecule has 0 aliphatic heterocycles. The predicted molar refractivity (Wildman–Crippen MR) is 65.6 cm³/mol. The normalized spacial score (nSPS) is 10.6. The Balaban J connectivity index is 0.00000108. The van der Waals surface area contributed by atoms with E-state index in [1.807, 2.05) is 0 Å². The predicted octanol–water partition coefficient (Wildman–Crippen LogP) is -0.132. The van der Waals surface area contributed by atoms with Gasteiger partial charge in [-0.2, -0.15) is 9.50 Å². The number of nitrogens with one attached hydrogen (secondary N) is 2. The number of nitrogens with two attached hydrogens (primary N) is 1. The van der Waals surface area contributed by atoms with E-state index in [4.69, 9.17) is 5.73 Å². The quantitative estimate of drug-likeness (QED) is 0.485. The van der Waals surface area contributed by atoms with Gasteiger partial charge in [0.2, 0.25) is 0 Å². The maximum Gasteiger partial charge on any atom is 0.351 e. The molecule has 2 aromatic heterocycles. The molecule has 0 bridgehead atoms. The summed E-state index contributed by atoms with van der Waals surface area (Å²) in [6.07, 6.45) is 0. The first kappa shape index (κ1) is 11.2. The number of H-pyrrole nitrogens is 2. The number of hydrogen-bond donors (Lipinski definition) is 3. The summed E-state index contributed by atoms with van der Waals surface area (Å²) in [4.78, 5) is 25.5. The Hall–Kier alpha value is -2.28. The van der Waals surface area contributed by atoms with Crippen molar-refractivity contribution in [3.63, 3.8) is 0 Å². The summed E-state index contributed by atoms with van der Waals surface area (Å²) in [5, 5.41) is 6.69. The smallest absolute Gasteiger partial charge is 0.351 e. The van der Waals surface area contributed by atoms with Crippen LogP contribution in [0.5, 0.6) is 0 Å². The second-order valence-corrected chi connectivity index (χ2v) is 3.42. The Morgan fingerprint density at radius 1 is 1.24 bits per heavy atom. The third kappa shape index (κ3) is 1.48. The highest BCUT2D eigenvalue weighted by Crippen LogP contribution is 2.16. The molecule has 3 aromatic rings. The molecule has 0 aliphatic rings. The van der Waals surface area contributed by atoms with Crippen molar-refractivity contribution in [1.29, 1.82) is 0 Å². The van der Waals surface area contributed by atoms with Crippen LogP contribution in [0.2, 0.25) is 0 Å². The third-order valence-electron chi connectivity index (χ3n) is 2.40. The van der Waals surface area contributed by atoms with E-state index in [1.54, 1.807) is 18.2 Å². The SMILES string of the molecule is Cl.Nc1ccc2c(c1)[nH]c(=O)n1c(=O)[nH]nc21. The summed E-state index contributed by atoms with van der Waals surface area (Å²) in [5.41, 5.74) is 5.89. The highest BCUT2D eigenvalue weighted by Gasteiger charge is 2.08. The molecule has 4 N–H and O–H groups in total. The van der Waals surface area contributed by atoms with E-state index in [1.165, 1.54) is 0 Å². The first-order chi connectivity index (χ1) is 7.66. The average molecular weight is 254 g/mol. The first-order valence-corrected chi connectivity index (χ1v) is 4.55. The minimum atomic E-state index is -0.560. The van der Waals surface area contributed by atoms with E-state index in [2.05, 4.69) is 15.2 Å². The zero-order valence-electron chi connectivity index (χ0n) is 8.43. The lowest BCUT2D eigenvalue weighted by Gasteiger charge is -1.99. The van der Waals surface area contributed by atoms with Crippen LogP contribution in [-0.2, 0) is 0 Å². The molecule has 0 saturated heterocycles. The van der Waals surface area contributed by atoms with Crippen molar-refractivity contribution >= 4 is 34.6 Å². The fourth-order valence-electron chi connectivity index (χ4n) is 1.70. The number of fused-ring (bicyclic) bond motifs is 3. The van der Waals surface area contributed by atoms with Gasteiger partial charge in [-0.25, -0.2) is 14.7 Å². The molecule has 0 amide bonds. The summed E-state index contributed by atoms with van der Waals surface area (Å²) >= 11 is 0. The zero-order valence-corrected chi connectivity index (χ0v) is 9.25. The minimum absolute atomic E-state index is 0. The Bertz CT molecular complexity index is 815. The van der Waals surface area contributed by atoms with Crippen LogP contribution < -0.4 is 17.1 Å². The average Bonchev–Trinajstić information content (AvgIpc) is 2.61. The van der Waals surface area contributed by atoms with Gasteiger partial charge in [-0.3, -0.25) is 0 Å². The molecule has 3 rings (SSSR count). The lowest BCUT2D eigenvalue weighted by atomic mass is 10.2. The molecule has 0 aliphatic carbocycles. The molecule has 88 valence electrons. The van der Waals surface area contributed by atoms with Gasteiger partial charge < -0.3 is 10.7 Å². The molecule has 0 radical (unpaired) electrons. The molecule has 0 spiro atoms. The van der Waals surface area contributed by atoms with Crippen molar-refractivity contribution in [2.45, 2.75) is 0 Å². The summed E-state index contributed by atoms with van der Waals surface area (Å²) in [6, 6.07) is 5.01. The van der Waals surface area contributed by atoms with Crippen LogP contribution in [0.1, 0.15) is 0 Å². The van der Waals surface area contributed by atoms with Crippen molar-refractivity contribution < 1.29 is 0 Å². The second-order valence-electron chi connectivity index (χ2n) is 3.42. The Morgan fingerprint density at radius 2 is 2.00 bits per heavy atom. The fraction of sp³-hybridized carbons (Fsp3) is 0. The van der Waals surface area contributed by atoms with Gasteiger partial charge in [0.1, 0.15) is 0 Å². The van der Waals surface area contributed by atoms with Gasteiger partial charge in [0.15, 0.2) is 5.65 Å². The van der Waals surface area contributed by atoms with E-state index in [9.17, 15) is 9.59 Å². The number of hydrogen-bond acceptors (Lipinski definition) is 4. The number of halogens is 1. The third-order valence-corrected chi connectivity index (χ3v) is 2.40. The molecule has 0 saturated carbocycles. The zero-order chi connectivity index (χ0) is 11.3. The Labute approximate surface area is 99.7 Å². The molecule has 7 nitrogen and oxygen atoms in total. The van der Waals surface area contributed by atoms with Crippen LogP contribution in [0.25, 0.3) is 16.6 Å². The van der Waals surface area contributed by atoms with Crippen LogP contribution in [0.15, 0.2) is 27.8 Å². The number of rotatable bonds is 0. The van der Waals surface area contributed by atoms with Gasteiger partial charge in [0.05, 0.1) is 5.52 Å². The van der Waals surface area contributed by atoms with E-state index in [-0.39, 0.29) is 12.4 Å². The summed E-state index contributed by atoms with van der Waals surface area (Å²) < 4.78 is 0.943. The van der Waals surface area contributed by atoms with Crippen molar-refractivity contribution in [3.8, 4) is 0 Å². The number of nitrogen functional groups attached to an aromatic ring is 1. The Morgan fingerprint density at radius 3 is 2.76 bits per heavy atom. The highest BCUT2D eigenvalue weighted by atomic mass is 35.5. The van der Waals surface area contributed by atoms with Crippen LogP contribution in [0, 0.1) is 0 Å². The van der Waals surface area contributed by atoms with Crippen LogP contribution in [-0.4, -0.2) is 19.6 Å². The van der Waals surface area contributed by atoms with Crippen molar-refractivity contribution in [1.82, 2.24) is 19.6 Å². The number of anilines is 1. The van der Waals surface area contributed by atoms with E-state index in [0.717, 1.165) is 4.40 Å². The Kier molecular flexibility index (Phi) is 2.40. The van der Waals surface area contributed by atoms with Gasteiger partial charge in [-0.1, -0.05) is 0 Å². The molecule has 0 unspecified atom stereocenters. The second kappa shape index (κ2) is 3.63. The molecule has 1 aromatic carbocycles. The van der Waals surface area contributed by atoms with Crippen molar-refractivity contribution in [2.24, 2.45) is 0 Å². The lowest BCUT2D eigenvalue weighted by molar-refractivity contribution is 0.958. The summed E-state index contributed by atoms with van der Waals surface area (Å²) in [6.45, 7) is 0. The molecule has 0 atom stereocenters. The number of benzene rings is 1. The monoisotopic (exact) mass is 253 g/mol. The van der Waals surface area contributed by atoms with Crippen molar-refractivity contribution in [3.05, 3.63) is 39.2 Å². The molecule has 0 fully saturated rings. The summed E-state index contributed by atoms with van der Waals surface area (Å²) in [5.74, 6) is 0. The van der Waals surface area contributed by atoms with Gasteiger partial charge in [0, 0.05) is 11.1 Å². The van der Waals surface area contributed by atoms with Gasteiger partial charge in [0.25, 0.3) is 0 Å². The summed E-state index contributed by atoms with van der Waals surface area (Å²) in [7, 11) is 0. The van der Waals surface area contributed by atoms with Crippen molar-refractivity contribution in [2.75, 3.05) is 5.73 Å². The topological polar surface area (TPSA) is 109 Å². The van der Waals surface area contributed by atoms with E-state index in [0.29, 0.717) is 22.2 Å². The van der Waals surface area contributed by atoms with Crippen LogP contribution >= 0.6 is 12.4 Å². The first-order valence-electron chi connectivity index (χ1n) is 4.55. The largest absolute Gasteiger partial charge is 0.399 e.